The molecule has 1 aliphatic rings. The second kappa shape index (κ2) is 12.5. The van der Waals surface area contributed by atoms with Crippen LogP contribution in [0.3, 0.4) is 0 Å². The standard InChI is InChI=1S/C46H31N3OSSi/c1-3-18-36(19-4-1)52(37-20-5-2-6-21-37)43-25-8-7-24-41(43)51-42-27-26-40-44(45(42)52)38-22-13-29-48-46(38)49(40)33-15-12-17-35(31-33)50-34-16-11-14-32(30-34)39-23-9-10-28-47-39/h1-31H. The van der Waals surface area contributed by atoms with Crippen molar-refractivity contribution >= 4 is 62.5 Å². The first-order chi connectivity index (χ1) is 25.8. The van der Waals surface area contributed by atoms with Crippen LogP contribution in [0.4, 0.5) is 0 Å². The summed E-state index contributed by atoms with van der Waals surface area (Å²) >= 11 is 1.89. The zero-order valence-electron chi connectivity index (χ0n) is 28.1. The van der Waals surface area contributed by atoms with Gasteiger partial charge in [0.05, 0.1) is 16.9 Å². The Bertz CT molecular complexity index is 2710. The smallest absolute Gasteiger partial charge is 0.182 e. The van der Waals surface area contributed by atoms with E-state index in [-0.39, 0.29) is 0 Å². The van der Waals surface area contributed by atoms with Crippen molar-refractivity contribution in [3.05, 3.63) is 188 Å². The van der Waals surface area contributed by atoms with Crippen LogP contribution in [0, 0.1) is 0 Å². The van der Waals surface area contributed by atoms with Gasteiger partial charge in [-0.1, -0.05) is 115 Å². The summed E-state index contributed by atoms with van der Waals surface area (Å²) in [5.74, 6) is 1.51. The average molecular weight is 702 g/mol. The van der Waals surface area contributed by atoms with E-state index < -0.39 is 8.07 Å². The molecular formula is C46H31N3OSSi. The molecule has 0 atom stereocenters. The van der Waals surface area contributed by atoms with E-state index in [0.717, 1.165) is 45.0 Å². The van der Waals surface area contributed by atoms with Gasteiger partial charge >= 0.3 is 0 Å². The first-order valence-corrected chi connectivity index (χ1v) is 20.2. The number of aromatic nitrogens is 3. The highest BCUT2D eigenvalue weighted by Gasteiger charge is 2.48. The van der Waals surface area contributed by atoms with Gasteiger partial charge in [0.25, 0.3) is 0 Å². The summed E-state index contributed by atoms with van der Waals surface area (Å²) in [4.78, 5) is 12.2. The van der Waals surface area contributed by atoms with Crippen LogP contribution in [0.15, 0.2) is 198 Å². The Balaban J connectivity index is 1.21. The molecule has 6 heteroatoms. The molecule has 0 aliphatic carbocycles. The second-order valence-electron chi connectivity index (χ2n) is 13.0. The van der Waals surface area contributed by atoms with Crippen molar-refractivity contribution in [2.75, 3.05) is 0 Å². The van der Waals surface area contributed by atoms with E-state index in [2.05, 4.69) is 143 Å². The Morgan fingerprint density at radius 3 is 2.04 bits per heavy atom. The van der Waals surface area contributed by atoms with E-state index in [1.165, 1.54) is 35.9 Å². The molecule has 0 saturated heterocycles. The Morgan fingerprint density at radius 1 is 0.538 bits per heavy atom. The molecule has 246 valence electrons. The number of pyridine rings is 2. The molecule has 0 amide bonds. The molecule has 0 spiro atoms. The number of fused-ring (bicyclic) bond motifs is 6. The molecule has 4 nitrogen and oxygen atoms in total. The van der Waals surface area contributed by atoms with Gasteiger partial charge in [0, 0.05) is 44.6 Å². The van der Waals surface area contributed by atoms with Crippen molar-refractivity contribution in [3.63, 3.8) is 0 Å². The third-order valence-electron chi connectivity index (χ3n) is 10.1. The number of hydrogen-bond acceptors (Lipinski definition) is 4. The van der Waals surface area contributed by atoms with E-state index in [9.17, 15) is 0 Å². The highest BCUT2D eigenvalue weighted by Crippen LogP contribution is 2.40. The summed E-state index contributed by atoms with van der Waals surface area (Å²) < 4.78 is 8.83. The fourth-order valence-corrected chi connectivity index (χ4v) is 15.2. The summed E-state index contributed by atoms with van der Waals surface area (Å²) in [6.07, 6.45) is 3.71. The molecular weight excluding hydrogens is 671 g/mol. The minimum atomic E-state index is -2.83. The van der Waals surface area contributed by atoms with Crippen molar-refractivity contribution < 1.29 is 4.74 Å². The second-order valence-corrected chi connectivity index (χ2v) is 17.7. The monoisotopic (exact) mass is 701 g/mol. The van der Waals surface area contributed by atoms with E-state index in [0.29, 0.717) is 0 Å². The normalized spacial score (nSPS) is 13.1. The topological polar surface area (TPSA) is 39.9 Å². The van der Waals surface area contributed by atoms with Crippen molar-refractivity contribution in [1.82, 2.24) is 14.5 Å². The number of nitrogens with zero attached hydrogens (tertiary/aromatic N) is 3. The lowest BCUT2D eigenvalue weighted by Gasteiger charge is -2.40. The Morgan fingerprint density at radius 2 is 1.25 bits per heavy atom. The van der Waals surface area contributed by atoms with Crippen LogP contribution in [0.2, 0.25) is 0 Å². The lowest BCUT2D eigenvalue weighted by atomic mass is 10.1. The SMILES string of the molecule is c1ccc([Si]2(c3ccccc3)c3ccccc3Sc3ccc4c(c32)c2cccnc2n4-c2cccc(Oc3cccc(-c4ccccn4)c3)c2)cc1. The summed E-state index contributed by atoms with van der Waals surface area (Å²) in [5, 5.41) is 7.99. The summed E-state index contributed by atoms with van der Waals surface area (Å²) in [5.41, 5.74) is 4.97. The van der Waals surface area contributed by atoms with Crippen LogP contribution >= 0.6 is 11.8 Å². The Kier molecular flexibility index (Phi) is 7.37. The van der Waals surface area contributed by atoms with Gasteiger partial charge in [0.2, 0.25) is 0 Å². The van der Waals surface area contributed by atoms with Gasteiger partial charge in [-0.15, -0.1) is 0 Å². The third-order valence-corrected chi connectivity index (χ3v) is 16.5. The Hall–Kier alpha value is -6.21. The Labute approximate surface area is 307 Å². The quantitative estimate of drug-likeness (QED) is 0.163. The molecule has 0 fully saturated rings. The summed E-state index contributed by atoms with van der Waals surface area (Å²) in [6, 6.07) is 62.7. The molecule has 52 heavy (non-hydrogen) atoms. The van der Waals surface area contributed by atoms with Crippen LogP contribution < -0.4 is 25.5 Å². The van der Waals surface area contributed by atoms with Crippen LogP contribution in [0.5, 0.6) is 11.5 Å². The molecule has 10 rings (SSSR count). The largest absolute Gasteiger partial charge is 0.457 e. The molecule has 0 saturated carbocycles. The zero-order chi connectivity index (χ0) is 34.5. The van der Waals surface area contributed by atoms with E-state index in [1.54, 1.807) is 0 Å². The molecule has 9 aromatic rings. The highest BCUT2D eigenvalue weighted by atomic mass is 32.2. The van der Waals surface area contributed by atoms with Crippen molar-refractivity contribution in [2.24, 2.45) is 0 Å². The molecule has 0 bridgehead atoms. The number of hydrogen-bond donors (Lipinski definition) is 0. The predicted molar refractivity (Wildman–Crippen MR) is 216 cm³/mol. The molecule has 4 heterocycles. The number of ether oxygens (including phenoxy) is 1. The maximum atomic E-state index is 6.52. The van der Waals surface area contributed by atoms with Gasteiger partial charge in [-0.25, -0.2) is 4.98 Å². The van der Waals surface area contributed by atoms with E-state index >= 15 is 0 Å². The number of benzene rings is 6. The lowest BCUT2D eigenvalue weighted by molar-refractivity contribution is 0.482. The van der Waals surface area contributed by atoms with Gasteiger partial charge in [0.1, 0.15) is 17.1 Å². The minimum absolute atomic E-state index is 0.751. The van der Waals surface area contributed by atoms with Gasteiger partial charge in [-0.3, -0.25) is 9.55 Å². The first-order valence-electron chi connectivity index (χ1n) is 17.4. The lowest BCUT2D eigenvalue weighted by Crippen LogP contribution is -2.76. The fourth-order valence-electron chi connectivity index (χ4n) is 7.97. The van der Waals surface area contributed by atoms with Gasteiger partial charge in [-0.05, 0) is 87.5 Å². The molecule has 6 aromatic carbocycles. The number of rotatable bonds is 6. The van der Waals surface area contributed by atoms with Crippen molar-refractivity contribution in [1.29, 1.82) is 0 Å². The van der Waals surface area contributed by atoms with Crippen LogP contribution in [0.1, 0.15) is 0 Å². The average Bonchev–Trinajstić information content (AvgIpc) is 3.56. The van der Waals surface area contributed by atoms with Crippen molar-refractivity contribution in [2.45, 2.75) is 9.79 Å². The van der Waals surface area contributed by atoms with Crippen LogP contribution in [-0.4, -0.2) is 22.6 Å². The van der Waals surface area contributed by atoms with Crippen molar-refractivity contribution in [3.8, 4) is 28.4 Å². The van der Waals surface area contributed by atoms with Gasteiger partial charge in [-0.2, -0.15) is 0 Å². The first kappa shape index (κ1) is 30.6. The van der Waals surface area contributed by atoms with E-state index in [1.807, 2.05) is 66.6 Å². The predicted octanol–water partition coefficient (Wildman–Crippen LogP) is 8.88. The summed E-state index contributed by atoms with van der Waals surface area (Å²) in [7, 11) is -2.83. The molecule has 0 radical (unpaired) electrons. The maximum absolute atomic E-state index is 6.52. The minimum Gasteiger partial charge on any atom is -0.457 e. The zero-order valence-corrected chi connectivity index (χ0v) is 29.9. The molecule has 3 aromatic heterocycles. The molecule has 1 aliphatic heterocycles. The van der Waals surface area contributed by atoms with E-state index in [4.69, 9.17) is 9.72 Å². The maximum Gasteiger partial charge on any atom is 0.182 e. The highest BCUT2D eigenvalue weighted by molar-refractivity contribution is 8.00. The summed E-state index contributed by atoms with van der Waals surface area (Å²) in [6.45, 7) is 0. The van der Waals surface area contributed by atoms with Crippen LogP contribution in [-0.2, 0) is 0 Å². The molecule has 0 unspecified atom stereocenters. The molecule has 0 N–H and O–H groups in total. The van der Waals surface area contributed by atoms with Gasteiger partial charge in [0.15, 0.2) is 8.07 Å². The fraction of sp³-hybridized carbons (Fsp3) is 0. The van der Waals surface area contributed by atoms with Crippen LogP contribution in [0.25, 0.3) is 38.9 Å². The van der Waals surface area contributed by atoms with Gasteiger partial charge < -0.3 is 4.74 Å². The third kappa shape index (κ3) is 4.83.